The van der Waals surface area contributed by atoms with Crippen molar-refractivity contribution in [3.05, 3.63) is 18.2 Å². The van der Waals surface area contributed by atoms with Crippen LogP contribution < -0.4 is 14.2 Å². The van der Waals surface area contributed by atoms with Crippen LogP contribution in [0.25, 0.3) is 0 Å². The van der Waals surface area contributed by atoms with Gasteiger partial charge in [0.1, 0.15) is 17.2 Å². The van der Waals surface area contributed by atoms with Gasteiger partial charge in [0.15, 0.2) is 0 Å². The van der Waals surface area contributed by atoms with Crippen LogP contribution in [0.2, 0.25) is 0 Å². The summed E-state index contributed by atoms with van der Waals surface area (Å²) in [5.74, 6) is 1.96. The van der Waals surface area contributed by atoms with Gasteiger partial charge in [-0.2, -0.15) is 0 Å². The SMILES string of the molecule is CCOc1cc(OC)[c]c(OC)c1. The molecule has 0 spiro atoms. The molecule has 1 radical (unpaired) electrons. The van der Waals surface area contributed by atoms with Gasteiger partial charge in [0.2, 0.25) is 0 Å². The zero-order valence-corrected chi connectivity index (χ0v) is 8.09. The zero-order chi connectivity index (χ0) is 9.68. The summed E-state index contributed by atoms with van der Waals surface area (Å²) in [5, 5.41) is 0. The first-order valence-electron chi connectivity index (χ1n) is 4.08. The Hall–Kier alpha value is -1.38. The van der Waals surface area contributed by atoms with Crippen molar-refractivity contribution in [2.75, 3.05) is 20.8 Å². The highest BCUT2D eigenvalue weighted by Crippen LogP contribution is 2.26. The van der Waals surface area contributed by atoms with Crippen molar-refractivity contribution in [3.8, 4) is 17.2 Å². The number of ether oxygens (including phenoxy) is 3. The molecule has 1 aromatic carbocycles. The minimum atomic E-state index is 0.614. The molecular weight excluding hydrogens is 168 g/mol. The second kappa shape index (κ2) is 4.60. The van der Waals surface area contributed by atoms with Gasteiger partial charge in [-0.05, 0) is 6.92 Å². The van der Waals surface area contributed by atoms with Crippen LogP contribution in [-0.4, -0.2) is 20.8 Å². The summed E-state index contributed by atoms with van der Waals surface area (Å²) in [5.41, 5.74) is 0. The molecule has 0 aliphatic rings. The van der Waals surface area contributed by atoms with E-state index in [0.717, 1.165) is 5.75 Å². The fourth-order valence-electron chi connectivity index (χ4n) is 0.964. The molecule has 0 unspecified atom stereocenters. The number of benzene rings is 1. The van der Waals surface area contributed by atoms with Crippen LogP contribution in [0.3, 0.4) is 0 Å². The lowest BCUT2D eigenvalue weighted by molar-refractivity contribution is 0.330. The normalized spacial score (nSPS) is 9.46. The molecule has 71 valence electrons. The molecule has 0 aromatic heterocycles. The van der Waals surface area contributed by atoms with E-state index in [4.69, 9.17) is 14.2 Å². The van der Waals surface area contributed by atoms with Crippen LogP contribution in [0.5, 0.6) is 17.2 Å². The molecular formula is C10H13O3. The summed E-state index contributed by atoms with van der Waals surface area (Å²) in [7, 11) is 3.17. The second-order valence-corrected chi connectivity index (χ2v) is 2.39. The standard InChI is InChI=1S/C10H13O3/c1-4-13-10-6-8(11-2)5-9(7-10)12-3/h6-7H,4H2,1-3H3. The van der Waals surface area contributed by atoms with Crippen LogP contribution in [-0.2, 0) is 0 Å². The summed E-state index contributed by atoms with van der Waals surface area (Å²) in [6.07, 6.45) is 0. The molecule has 0 fully saturated rings. The summed E-state index contributed by atoms with van der Waals surface area (Å²) in [6, 6.07) is 6.46. The topological polar surface area (TPSA) is 27.7 Å². The van der Waals surface area contributed by atoms with E-state index in [1.54, 1.807) is 26.4 Å². The number of methoxy groups -OCH3 is 2. The molecule has 0 N–H and O–H groups in total. The third kappa shape index (κ3) is 2.54. The first-order valence-corrected chi connectivity index (χ1v) is 4.08. The van der Waals surface area contributed by atoms with Crippen LogP contribution in [0, 0.1) is 6.07 Å². The zero-order valence-electron chi connectivity index (χ0n) is 8.09. The van der Waals surface area contributed by atoms with Crippen molar-refractivity contribution in [1.29, 1.82) is 0 Å². The lowest BCUT2D eigenvalue weighted by atomic mass is 10.3. The first kappa shape index (κ1) is 9.71. The highest BCUT2D eigenvalue weighted by molar-refractivity contribution is 5.40. The van der Waals surface area contributed by atoms with E-state index >= 15 is 0 Å². The maximum absolute atomic E-state index is 5.31. The molecule has 0 aliphatic heterocycles. The largest absolute Gasteiger partial charge is 0.496 e. The highest BCUT2D eigenvalue weighted by Gasteiger charge is 2.02. The monoisotopic (exact) mass is 181 g/mol. The maximum Gasteiger partial charge on any atom is 0.134 e. The predicted octanol–water partition coefficient (Wildman–Crippen LogP) is 1.90. The van der Waals surface area contributed by atoms with Crippen LogP contribution in [0.1, 0.15) is 6.92 Å². The predicted molar refractivity (Wildman–Crippen MR) is 49.6 cm³/mol. The molecule has 1 aromatic rings. The average Bonchev–Trinajstić information content (AvgIpc) is 2.17. The van der Waals surface area contributed by atoms with Gasteiger partial charge >= 0.3 is 0 Å². The smallest absolute Gasteiger partial charge is 0.134 e. The summed E-state index contributed by atoms with van der Waals surface area (Å²) >= 11 is 0. The Morgan fingerprint density at radius 3 is 2.08 bits per heavy atom. The molecule has 1 rings (SSSR count). The maximum atomic E-state index is 5.31. The van der Waals surface area contributed by atoms with Gasteiger partial charge in [-0.3, -0.25) is 0 Å². The highest BCUT2D eigenvalue weighted by atomic mass is 16.5. The van der Waals surface area contributed by atoms with Crippen molar-refractivity contribution in [1.82, 2.24) is 0 Å². The van der Waals surface area contributed by atoms with E-state index in [9.17, 15) is 0 Å². The molecule has 0 saturated carbocycles. The Bertz CT molecular complexity index is 249. The van der Waals surface area contributed by atoms with Gasteiger partial charge in [-0.25, -0.2) is 0 Å². The lowest BCUT2D eigenvalue weighted by Gasteiger charge is -2.07. The van der Waals surface area contributed by atoms with Gasteiger partial charge in [0, 0.05) is 12.1 Å². The Kier molecular flexibility index (Phi) is 3.43. The summed E-state index contributed by atoms with van der Waals surface area (Å²) in [4.78, 5) is 0. The van der Waals surface area contributed by atoms with Gasteiger partial charge < -0.3 is 14.2 Å². The second-order valence-electron chi connectivity index (χ2n) is 2.39. The van der Waals surface area contributed by atoms with E-state index < -0.39 is 0 Å². The summed E-state index contributed by atoms with van der Waals surface area (Å²) in [6.45, 7) is 2.55. The Morgan fingerprint density at radius 2 is 1.69 bits per heavy atom. The molecule has 0 atom stereocenters. The minimum Gasteiger partial charge on any atom is -0.496 e. The number of rotatable bonds is 4. The van der Waals surface area contributed by atoms with E-state index in [1.807, 2.05) is 6.92 Å². The van der Waals surface area contributed by atoms with E-state index in [0.29, 0.717) is 18.1 Å². The van der Waals surface area contributed by atoms with E-state index in [2.05, 4.69) is 6.07 Å². The van der Waals surface area contributed by atoms with Gasteiger partial charge in [0.05, 0.1) is 26.9 Å². The molecule has 0 aliphatic carbocycles. The Morgan fingerprint density at radius 1 is 1.15 bits per heavy atom. The average molecular weight is 181 g/mol. The van der Waals surface area contributed by atoms with Crippen LogP contribution in [0.15, 0.2) is 12.1 Å². The third-order valence-electron chi connectivity index (χ3n) is 1.54. The number of hydrogen-bond acceptors (Lipinski definition) is 3. The van der Waals surface area contributed by atoms with Gasteiger partial charge in [0.25, 0.3) is 0 Å². The Balaban J connectivity index is 2.93. The minimum absolute atomic E-state index is 0.614. The van der Waals surface area contributed by atoms with Crippen molar-refractivity contribution < 1.29 is 14.2 Å². The van der Waals surface area contributed by atoms with Crippen molar-refractivity contribution in [2.45, 2.75) is 6.92 Å². The quantitative estimate of drug-likeness (QED) is 0.710. The molecule has 3 nitrogen and oxygen atoms in total. The van der Waals surface area contributed by atoms with Crippen molar-refractivity contribution in [2.24, 2.45) is 0 Å². The van der Waals surface area contributed by atoms with E-state index in [-0.39, 0.29) is 0 Å². The van der Waals surface area contributed by atoms with Crippen LogP contribution >= 0.6 is 0 Å². The first-order chi connectivity index (χ1) is 6.30. The summed E-state index contributed by atoms with van der Waals surface area (Å²) < 4.78 is 15.4. The molecule has 0 heterocycles. The molecule has 0 saturated heterocycles. The molecule has 0 bridgehead atoms. The molecule has 13 heavy (non-hydrogen) atoms. The fraction of sp³-hybridized carbons (Fsp3) is 0.400. The number of hydrogen-bond donors (Lipinski definition) is 0. The fourth-order valence-corrected chi connectivity index (χ4v) is 0.964. The molecule has 3 heteroatoms. The van der Waals surface area contributed by atoms with E-state index in [1.165, 1.54) is 0 Å². The van der Waals surface area contributed by atoms with Crippen molar-refractivity contribution in [3.63, 3.8) is 0 Å². The Labute approximate surface area is 78.2 Å². The third-order valence-corrected chi connectivity index (χ3v) is 1.54. The molecule has 0 amide bonds. The van der Waals surface area contributed by atoms with Gasteiger partial charge in [-0.15, -0.1) is 0 Å². The van der Waals surface area contributed by atoms with Crippen molar-refractivity contribution >= 4 is 0 Å². The van der Waals surface area contributed by atoms with Crippen LogP contribution in [0.4, 0.5) is 0 Å². The van der Waals surface area contributed by atoms with Gasteiger partial charge in [-0.1, -0.05) is 0 Å². The lowest BCUT2D eigenvalue weighted by Crippen LogP contribution is -1.94.